The van der Waals surface area contributed by atoms with Gasteiger partial charge in [0.25, 0.3) is 0 Å². The van der Waals surface area contributed by atoms with Crippen LogP contribution in [-0.4, -0.2) is 65.3 Å². The van der Waals surface area contributed by atoms with E-state index in [1.165, 1.54) is 0 Å². The predicted molar refractivity (Wildman–Crippen MR) is 113 cm³/mol. The van der Waals surface area contributed by atoms with E-state index in [0.29, 0.717) is 18.8 Å². The molecular weight excluding hydrogens is 366 g/mol. The van der Waals surface area contributed by atoms with Gasteiger partial charge in [0.15, 0.2) is 0 Å². The van der Waals surface area contributed by atoms with E-state index in [9.17, 15) is 9.59 Å². The molecule has 150 valence electrons. The second-order valence-corrected chi connectivity index (χ2v) is 7.72. The molecule has 1 aliphatic heterocycles. The summed E-state index contributed by atoms with van der Waals surface area (Å²) in [4.78, 5) is 36.6. The average Bonchev–Trinajstić information content (AvgIpc) is 3.30. The number of benzene rings is 2. The molecule has 0 spiro atoms. The molecule has 0 saturated carbocycles. The zero-order chi connectivity index (χ0) is 20.4. The first kappa shape index (κ1) is 19.1. The van der Waals surface area contributed by atoms with Crippen molar-refractivity contribution in [1.29, 1.82) is 0 Å². The Hall–Kier alpha value is -3.19. The van der Waals surface area contributed by atoms with Gasteiger partial charge in [-0.2, -0.15) is 0 Å². The molecular formula is C22H25N5O2. The highest BCUT2D eigenvalue weighted by molar-refractivity contribution is 5.97. The number of fused-ring (bicyclic) bond motifs is 1. The molecule has 2 aromatic carbocycles. The summed E-state index contributed by atoms with van der Waals surface area (Å²) in [6.07, 6.45) is 0.266. The lowest BCUT2D eigenvalue weighted by Gasteiger charge is -2.19. The van der Waals surface area contributed by atoms with Gasteiger partial charge in [0.2, 0.25) is 11.8 Å². The number of para-hydroxylation sites is 2. The molecule has 1 aliphatic rings. The lowest BCUT2D eigenvalue weighted by atomic mass is 10.1. The number of nitrogens with zero attached hydrogens (tertiary/aromatic N) is 3. The van der Waals surface area contributed by atoms with Crippen LogP contribution in [0, 0.1) is 5.92 Å². The molecule has 7 nitrogen and oxygen atoms in total. The minimum atomic E-state index is -0.320. The molecule has 2 heterocycles. The van der Waals surface area contributed by atoms with Crippen LogP contribution in [0.5, 0.6) is 0 Å². The first-order valence-electron chi connectivity index (χ1n) is 9.78. The molecule has 1 unspecified atom stereocenters. The molecule has 1 fully saturated rings. The fourth-order valence-corrected chi connectivity index (χ4v) is 3.56. The molecule has 4 rings (SSSR count). The van der Waals surface area contributed by atoms with Crippen molar-refractivity contribution in [1.82, 2.24) is 19.8 Å². The Morgan fingerprint density at radius 1 is 1.24 bits per heavy atom. The van der Waals surface area contributed by atoms with E-state index < -0.39 is 0 Å². The van der Waals surface area contributed by atoms with Crippen LogP contribution in [0.15, 0.2) is 48.5 Å². The number of nitrogens with one attached hydrogen (secondary N) is 2. The van der Waals surface area contributed by atoms with Gasteiger partial charge in [-0.15, -0.1) is 0 Å². The molecule has 2 N–H and O–H groups in total. The van der Waals surface area contributed by atoms with E-state index in [4.69, 9.17) is 0 Å². The van der Waals surface area contributed by atoms with Crippen molar-refractivity contribution in [3.8, 4) is 11.4 Å². The zero-order valence-corrected chi connectivity index (χ0v) is 16.7. The van der Waals surface area contributed by atoms with Gasteiger partial charge in [0, 0.05) is 37.3 Å². The molecule has 2 amide bonds. The van der Waals surface area contributed by atoms with Gasteiger partial charge in [-0.05, 0) is 38.4 Å². The molecule has 1 aromatic heterocycles. The van der Waals surface area contributed by atoms with Gasteiger partial charge >= 0.3 is 0 Å². The summed E-state index contributed by atoms with van der Waals surface area (Å²) in [5.74, 6) is 0.364. The summed E-state index contributed by atoms with van der Waals surface area (Å²) in [5.41, 5.74) is 3.47. The number of amides is 2. The van der Waals surface area contributed by atoms with Crippen LogP contribution in [0.2, 0.25) is 0 Å². The number of imidazole rings is 1. The molecule has 1 saturated heterocycles. The average molecular weight is 391 g/mol. The number of likely N-dealkylation sites (tertiary alicyclic amines) is 1. The van der Waals surface area contributed by atoms with Crippen LogP contribution < -0.4 is 5.32 Å². The fraction of sp³-hybridized carbons (Fsp3) is 0.318. The highest BCUT2D eigenvalue weighted by atomic mass is 16.2. The number of carbonyl (C=O) groups is 2. The number of H-pyrrole nitrogens is 1. The number of hydrogen-bond acceptors (Lipinski definition) is 4. The number of rotatable bonds is 6. The second-order valence-electron chi connectivity index (χ2n) is 7.72. The highest BCUT2D eigenvalue weighted by Crippen LogP contribution is 2.24. The van der Waals surface area contributed by atoms with Crippen molar-refractivity contribution in [3.05, 3.63) is 48.5 Å². The predicted octanol–water partition coefficient (Wildman–Crippen LogP) is 2.58. The van der Waals surface area contributed by atoms with Crippen molar-refractivity contribution >= 4 is 28.5 Å². The van der Waals surface area contributed by atoms with Gasteiger partial charge in [-0.3, -0.25) is 9.59 Å². The van der Waals surface area contributed by atoms with E-state index in [1.807, 2.05) is 67.5 Å². The normalized spacial score (nSPS) is 16.7. The third-order valence-corrected chi connectivity index (χ3v) is 5.20. The lowest BCUT2D eigenvalue weighted by molar-refractivity contribution is -0.128. The summed E-state index contributed by atoms with van der Waals surface area (Å²) in [6, 6.07) is 15.5. The second kappa shape index (κ2) is 8.05. The molecule has 1 atom stereocenters. The summed E-state index contributed by atoms with van der Waals surface area (Å²) >= 11 is 0. The zero-order valence-electron chi connectivity index (χ0n) is 16.7. The Bertz CT molecular complexity index is 1010. The highest BCUT2D eigenvalue weighted by Gasteiger charge is 2.34. The van der Waals surface area contributed by atoms with Gasteiger partial charge in [-0.1, -0.05) is 24.3 Å². The van der Waals surface area contributed by atoms with Crippen molar-refractivity contribution < 1.29 is 9.59 Å². The summed E-state index contributed by atoms with van der Waals surface area (Å²) in [6.45, 7) is 1.92. The van der Waals surface area contributed by atoms with E-state index in [1.54, 1.807) is 4.90 Å². The van der Waals surface area contributed by atoms with E-state index in [-0.39, 0.29) is 24.2 Å². The molecule has 0 radical (unpaired) electrons. The maximum Gasteiger partial charge on any atom is 0.229 e. The van der Waals surface area contributed by atoms with Crippen LogP contribution in [0.25, 0.3) is 22.4 Å². The van der Waals surface area contributed by atoms with Crippen LogP contribution in [-0.2, 0) is 9.59 Å². The van der Waals surface area contributed by atoms with Gasteiger partial charge in [-0.25, -0.2) is 4.98 Å². The standard InChI is InChI=1S/C22H25N5O2/c1-26(2)10-11-27-14-16(13-20(27)28)22(29)23-17-7-5-6-15(12-17)21-24-18-8-3-4-9-19(18)25-21/h3-9,12,16H,10-11,13-14H2,1-2H3,(H,23,29)(H,24,25). The summed E-state index contributed by atoms with van der Waals surface area (Å²) < 4.78 is 0. The SMILES string of the molecule is CN(C)CCN1CC(C(=O)Nc2cccc(-c3nc4ccccc4[nH]3)c2)CC1=O. The Labute approximate surface area is 169 Å². The largest absolute Gasteiger partial charge is 0.341 e. The van der Waals surface area contributed by atoms with Gasteiger partial charge < -0.3 is 20.1 Å². The number of hydrogen-bond donors (Lipinski definition) is 2. The van der Waals surface area contributed by atoms with Crippen molar-refractivity contribution in [2.75, 3.05) is 39.0 Å². The monoisotopic (exact) mass is 391 g/mol. The Kier molecular flexibility index (Phi) is 5.31. The topological polar surface area (TPSA) is 81.3 Å². The first-order valence-corrected chi connectivity index (χ1v) is 9.78. The maximum atomic E-state index is 12.7. The lowest BCUT2D eigenvalue weighted by Crippen LogP contribution is -2.33. The van der Waals surface area contributed by atoms with E-state index >= 15 is 0 Å². The summed E-state index contributed by atoms with van der Waals surface area (Å²) in [7, 11) is 3.94. The smallest absolute Gasteiger partial charge is 0.229 e. The van der Waals surface area contributed by atoms with E-state index in [2.05, 4.69) is 15.3 Å². The third kappa shape index (κ3) is 4.30. The molecule has 29 heavy (non-hydrogen) atoms. The Morgan fingerprint density at radius 2 is 2.07 bits per heavy atom. The minimum absolute atomic E-state index is 0.0445. The third-order valence-electron chi connectivity index (χ3n) is 5.20. The quantitative estimate of drug-likeness (QED) is 0.677. The van der Waals surface area contributed by atoms with Crippen molar-refractivity contribution in [2.24, 2.45) is 5.92 Å². The molecule has 7 heteroatoms. The number of aromatic amines is 1. The number of likely N-dealkylation sites (N-methyl/N-ethyl adjacent to an activating group) is 1. The van der Waals surface area contributed by atoms with Crippen LogP contribution >= 0.6 is 0 Å². The number of aromatic nitrogens is 2. The Balaban J connectivity index is 1.44. The van der Waals surface area contributed by atoms with Crippen LogP contribution in [0.3, 0.4) is 0 Å². The van der Waals surface area contributed by atoms with Gasteiger partial charge in [0.05, 0.1) is 17.0 Å². The van der Waals surface area contributed by atoms with Gasteiger partial charge in [0.1, 0.15) is 5.82 Å². The first-order chi connectivity index (χ1) is 14.0. The van der Waals surface area contributed by atoms with Crippen molar-refractivity contribution in [3.63, 3.8) is 0 Å². The van der Waals surface area contributed by atoms with Crippen LogP contribution in [0.4, 0.5) is 5.69 Å². The molecule has 0 bridgehead atoms. The van der Waals surface area contributed by atoms with Crippen molar-refractivity contribution in [2.45, 2.75) is 6.42 Å². The molecule has 0 aliphatic carbocycles. The Morgan fingerprint density at radius 3 is 2.86 bits per heavy atom. The van der Waals surface area contributed by atoms with E-state index in [0.717, 1.165) is 29.0 Å². The fourth-order valence-electron chi connectivity index (χ4n) is 3.56. The summed E-state index contributed by atoms with van der Waals surface area (Å²) in [5, 5.41) is 2.96. The molecule has 3 aromatic rings. The number of anilines is 1. The number of carbonyl (C=O) groups excluding carboxylic acids is 2. The minimum Gasteiger partial charge on any atom is -0.341 e. The maximum absolute atomic E-state index is 12.7. The van der Waals surface area contributed by atoms with Crippen LogP contribution in [0.1, 0.15) is 6.42 Å².